The van der Waals surface area contributed by atoms with E-state index in [9.17, 15) is 0 Å². The summed E-state index contributed by atoms with van der Waals surface area (Å²) < 4.78 is 8.41. The van der Waals surface area contributed by atoms with Crippen molar-refractivity contribution in [3.8, 4) is 11.1 Å². The van der Waals surface area contributed by atoms with Gasteiger partial charge in [0.2, 0.25) is 0 Å². The molecule has 0 atom stereocenters. The number of aromatic nitrogens is 4. The molecule has 0 aromatic carbocycles. The molecule has 3 heterocycles. The third-order valence-corrected chi connectivity index (χ3v) is 5.83. The highest BCUT2D eigenvalue weighted by Gasteiger charge is 2.12. The van der Waals surface area contributed by atoms with E-state index in [1.165, 1.54) is 6.04 Å². The molecule has 0 aliphatic carbocycles. The van der Waals surface area contributed by atoms with E-state index >= 15 is 0 Å². The number of pyridine rings is 1. The van der Waals surface area contributed by atoms with E-state index in [2.05, 4.69) is 50.6 Å². The summed E-state index contributed by atoms with van der Waals surface area (Å²) in [6.07, 6.45) is 7.71. The largest absolute Gasteiger partial charge is 0.360 e. The second-order valence-corrected chi connectivity index (χ2v) is 13.3. The summed E-state index contributed by atoms with van der Waals surface area (Å²) in [6, 6.07) is 3.19. The van der Waals surface area contributed by atoms with Crippen molar-refractivity contribution in [1.29, 1.82) is 0 Å². The second-order valence-electron chi connectivity index (χ2n) is 6.87. The number of nitrogens with one attached hydrogen (secondary N) is 1. The zero-order valence-corrected chi connectivity index (χ0v) is 16.2. The van der Waals surface area contributed by atoms with Crippen molar-refractivity contribution < 1.29 is 4.74 Å². The van der Waals surface area contributed by atoms with Crippen LogP contribution in [-0.4, -0.2) is 34.4 Å². The fourth-order valence-corrected chi connectivity index (χ4v) is 3.43. The fraction of sp³-hybridized carbons (Fsp3) is 0.375. The molecule has 3 aromatic heterocycles. The molecule has 5 nitrogen and oxygen atoms in total. The summed E-state index contributed by atoms with van der Waals surface area (Å²) in [7, 11) is -1.04. The lowest BCUT2D eigenvalue weighted by atomic mass is 10.1. The zero-order valence-electron chi connectivity index (χ0n) is 13.6. The van der Waals surface area contributed by atoms with Gasteiger partial charge in [0.25, 0.3) is 0 Å². The summed E-state index contributed by atoms with van der Waals surface area (Å²) in [6.45, 7) is 8.36. The van der Waals surface area contributed by atoms with Gasteiger partial charge in [0.05, 0.1) is 17.9 Å². The minimum Gasteiger partial charge on any atom is -0.360 e. The molecule has 0 spiro atoms. The number of nitrogens with zero attached hydrogens (tertiary/aromatic N) is 3. The van der Waals surface area contributed by atoms with Crippen LogP contribution in [0.2, 0.25) is 25.7 Å². The molecule has 0 radical (unpaired) electrons. The lowest BCUT2D eigenvalue weighted by molar-refractivity contribution is 0.0786. The first-order valence-corrected chi connectivity index (χ1v) is 12.2. The van der Waals surface area contributed by atoms with E-state index < -0.39 is 8.07 Å². The Hall–Kier alpha value is -1.44. The Kier molecular flexibility index (Phi) is 4.70. The Morgan fingerprint density at radius 3 is 2.91 bits per heavy atom. The van der Waals surface area contributed by atoms with Gasteiger partial charge in [0.1, 0.15) is 11.3 Å². The number of fused-ring (bicyclic) bond motifs is 1. The predicted molar refractivity (Wildman–Crippen MR) is 99.1 cm³/mol. The molecule has 7 heteroatoms. The van der Waals surface area contributed by atoms with E-state index in [0.29, 0.717) is 6.73 Å². The van der Waals surface area contributed by atoms with Crippen LogP contribution in [0.1, 0.15) is 0 Å². The molecule has 0 aliphatic rings. The maximum absolute atomic E-state index is 5.74. The van der Waals surface area contributed by atoms with E-state index in [4.69, 9.17) is 4.74 Å². The standard InChI is InChI=1S/C16H21BrN4OSi/c1-23(2,3)5-4-22-11-21-10-12(7-20-21)14-8-18-15-9-19-16(17)6-13(14)15/h6-10,18H,4-5,11H2,1-3H3. The number of halogens is 1. The molecule has 0 aliphatic heterocycles. The number of H-pyrrole nitrogens is 1. The maximum Gasteiger partial charge on any atom is 0.139 e. The first kappa shape index (κ1) is 16.4. The number of hydrogen-bond acceptors (Lipinski definition) is 3. The number of aromatic amines is 1. The molecule has 0 bridgehead atoms. The SMILES string of the molecule is C[Si](C)(C)CCOCn1cc(-c2c[nH]c3cnc(Br)cc23)cn1. The highest BCUT2D eigenvalue weighted by molar-refractivity contribution is 9.10. The summed E-state index contributed by atoms with van der Waals surface area (Å²) in [5, 5.41) is 5.53. The number of rotatable bonds is 6. The van der Waals surface area contributed by atoms with Gasteiger partial charge in [-0.05, 0) is 28.0 Å². The second kappa shape index (κ2) is 6.58. The van der Waals surface area contributed by atoms with Crippen molar-refractivity contribution in [1.82, 2.24) is 19.7 Å². The van der Waals surface area contributed by atoms with Crippen LogP contribution in [0.5, 0.6) is 0 Å². The Labute approximate surface area is 145 Å². The molecule has 0 fully saturated rings. The molecule has 23 heavy (non-hydrogen) atoms. The van der Waals surface area contributed by atoms with Crippen LogP contribution in [0.15, 0.2) is 35.5 Å². The minimum absolute atomic E-state index is 0.498. The first-order chi connectivity index (χ1) is 10.9. The van der Waals surface area contributed by atoms with Gasteiger partial charge in [-0.1, -0.05) is 19.6 Å². The fourth-order valence-electron chi connectivity index (χ4n) is 2.34. The van der Waals surface area contributed by atoms with Gasteiger partial charge < -0.3 is 9.72 Å². The van der Waals surface area contributed by atoms with Gasteiger partial charge in [-0.2, -0.15) is 5.10 Å². The van der Waals surface area contributed by atoms with E-state index in [0.717, 1.165) is 33.2 Å². The van der Waals surface area contributed by atoms with Crippen LogP contribution < -0.4 is 0 Å². The molecular weight excluding hydrogens is 372 g/mol. The lowest BCUT2D eigenvalue weighted by Gasteiger charge is -2.15. The van der Waals surface area contributed by atoms with Gasteiger partial charge in [-0.3, -0.25) is 0 Å². The molecule has 0 amide bonds. The van der Waals surface area contributed by atoms with Gasteiger partial charge in [0, 0.05) is 43.6 Å². The molecule has 3 rings (SSSR count). The molecule has 3 aromatic rings. The van der Waals surface area contributed by atoms with Crippen LogP contribution in [0.4, 0.5) is 0 Å². The van der Waals surface area contributed by atoms with Crippen molar-refractivity contribution in [3.63, 3.8) is 0 Å². The molecule has 1 N–H and O–H groups in total. The summed E-state index contributed by atoms with van der Waals surface area (Å²) >= 11 is 3.42. The Balaban J connectivity index is 1.70. The van der Waals surface area contributed by atoms with Crippen molar-refractivity contribution in [2.45, 2.75) is 32.4 Å². The molecule has 122 valence electrons. The van der Waals surface area contributed by atoms with Gasteiger partial charge >= 0.3 is 0 Å². The van der Waals surface area contributed by atoms with Crippen LogP contribution in [0.25, 0.3) is 22.0 Å². The summed E-state index contributed by atoms with van der Waals surface area (Å²) in [5.74, 6) is 0. The Morgan fingerprint density at radius 2 is 2.13 bits per heavy atom. The summed E-state index contributed by atoms with van der Waals surface area (Å²) in [5.41, 5.74) is 3.21. The average Bonchev–Trinajstić information content (AvgIpc) is 3.08. The number of ether oxygens (including phenoxy) is 1. The van der Waals surface area contributed by atoms with Crippen LogP contribution in [0, 0.1) is 0 Å². The van der Waals surface area contributed by atoms with Gasteiger partial charge in [-0.15, -0.1) is 0 Å². The Morgan fingerprint density at radius 1 is 1.30 bits per heavy atom. The quantitative estimate of drug-likeness (QED) is 0.381. The smallest absolute Gasteiger partial charge is 0.139 e. The van der Waals surface area contributed by atoms with Crippen LogP contribution in [-0.2, 0) is 11.5 Å². The summed E-state index contributed by atoms with van der Waals surface area (Å²) in [4.78, 5) is 7.48. The van der Waals surface area contributed by atoms with E-state index in [1.54, 1.807) is 0 Å². The molecular formula is C16H21BrN4OSi. The monoisotopic (exact) mass is 392 g/mol. The average molecular weight is 393 g/mol. The molecule has 0 saturated carbocycles. The lowest BCUT2D eigenvalue weighted by Crippen LogP contribution is -2.22. The third kappa shape index (κ3) is 4.10. The minimum atomic E-state index is -1.04. The predicted octanol–water partition coefficient (Wildman–Crippen LogP) is 4.50. The van der Waals surface area contributed by atoms with E-state index in [1.807, 2.05) is 35.5 Å². The van der Waals surface area contributed by atoms with Crippen molar-refractivity contribution in [2.24, 2.45) is 0 Å². The van der Waals surface area contributed by atoms with Crippen molar-refractivity contribution >= 4 is 34.9 Å². The first-order valence-electron chi connectivity index (χ1n) is 7.66. The zero-order chi connectivity index (χ0) is 16.4. The van der Waals surface area contributed by atoms with Crippen LogP contribution in [0.3, 0.4) is 0 Å². The van der Waals surface area contributed by atoms with Gasteiger partial charge in [0.15, 0.2) is 0 Å². The number of hydrogen-bond donors (Lipinski definition) is 1. The highest BCUT2D eigenvalue weighted by atomic mass is 79.9. The van der Waals surface area contributed by atoms with Crippen molar-refractivity contribution in [2.75, 3.05) is 6.61 Å². The highest BCUT2D eigenvalue weighted by Crippen LogP contribution is 2.29. The van der Waals surface area contributed by atoms with Gasteiger partial charge in [-0.25, -0.2) is 9.67 Å². The van der Waals surface area contributed by atoms with E-state index in [-0.39, 0.29) is 0 Å². The topological polar surface area (TPSA) is 55.7 Å². The van der Waals surface area contributed by atoms with Crippen molar-refractivity contribution in [3.05, 3.63) is 35.5 Å². The third-order valence-electron chi connectivity index (χ3n) is 3.70. The molecule has 0 saturated heterocycles. The Bertz CT molecular complexity index is 806. The normalized spacial score (nSPS) is 12.2. The maximum atomic E-state index is 5.74. The molecule has 0 unspecified atom stereocenters. The van der Waals surface area contributed by atoms with Crippen LogP contribution >= 0.6 is 15.9 Å².